The van der Waals surface area contributed by atoms with E-state index >= 15 is 0 Å². The van der Waals surface area contributed by atoms with Crippen LogP contribution < -0.4 is 15.2 Å². The van der Waals surface area contributed by atoms with E-state index in [-0.39, 0.29) is 6.10 Å². The minimum absolute atomic E-state index is 0.105. The highest BCUT2D eigenvalue weighted by Crippen LogP contribution is 2.36. The molecule has 0 amide bonds. The maximum Gasteiger partial charge on any atom is 0.162 e. The normalized spacial score (nSPS) is 15.2. The van der Waals surface area contributed by atoms with Gasteiger partial charge in [-0.05, 0) is 53.4 Å². The van der Waals surface area contributed by atoms with Gasteiger partial charge in [-0.1, -0.05) is 60.7 Å². The molecule has 1 aliphatic rings. The van der Waals surface area contributed by atoms with E-state index in [1.54, 1.807) is 0 Å². The molecule has 4 aromatic carbocycles. The minimum Gasteiger partial charge on any atom is -0.485 e. The summed E-state index contributed by atoms with van der Waals surface area (Å²) in [5, 5.41) is 2.23. The quantitative estimate of drug-likeness (QED) is 0.285. The maximum atomic E-state index is 6.26. The van der Waals surface area contributed by atoms with Crippen molar-refractivity contribution in [3.05, 3.63) is 108 Å². The first-order valence-corrected chi connectivity index (χ1v) is 10.8. The molecule has 0 spiro atoms. The summed E-state index contributed by atoms with van der Waals surface area (Å²) in [6, 6.07) is 30.8. The van der Waals surface area contributed by atoms with Crippen LogP contribution in [-0.2, 0) is 6.42 Å². The van der Waals surface area contributed by atoms with E-state index in [1.807, 2.05) is 48.5 Å². The summed E-state index contributed by atoms with van der Waals surface area (Å²) < 4.78 is 12.0. The van der Waals surface area contributed by atoms with Crippen molar-refractivity contribution in [2.24, 2.45) is 0 Å². The number of hydrogen-bond donors (Lipinski definition) is 1. The van der Waals surface area contributed by atoms with Gasteiger partial charge in [0.25, 0.3) is 0 Å². The molecule has 1 aromatic heterocycles. The number of aromatic nitrogens is 1. The monoisotopic (exact) mass is 418 g/mol. The number of fused-ring (bicyclic) bond motifs is 3. The lowest BCUT2D eigenvalue weighted by molar-refractivity contribution is 0.0913. The number of ether oxygens (including phenoxy) is 2. The number of para-hydroxylation sites is 3. The van der Waals surface area contributed by atoms with E-state index in [9.17, 15) is 0 Å². The number of benzene rings is 4. The van der Waals surface area contributed by atoms with Crippen molar-refractivity contribution in [2.45, 2.75) is 12.5 Å². The number of pyridine rings is 1. The van der Waals surface area contributed by atoms with Gasteiger partial charge in [-0.3, -0.25) is 0 Å². The van der Waals surface area contributed by atoms with Crippen molar-refractivity contribution in [1.29, 1.82) is 0 Å². The van der Waals surface area contributed by atoms with Gasteiger partial charge in [0.2, 0.25) is 0 Å². The molecule has 0 bridgehead atoms. The SMILES string of the molecule is Nc1ccc(Cc2ccc([C@H]3COc4ccccc4O3)cc2)c2cc3ccccc3nc12. The second kappa shape index (κ2) is 7.57. The predicted octanol–water partition coefficient (Wildman–Crippen LogP) is 6.07. The van der Waals surface area contributed by atoms with Gasteiger partial charge in [0.15, 0.2) is 17.6 Å². The number of hydrogen-bond acceptors (Lipinski definition) is 4. The van der Waals surface area contributed by atoms with E-state index < -0.39 is 0 Å². The average molecular weight is 418 g/mol. The van der Waals surface area contributed by atoms with Crippen LogP contribution in [0, 0.1) is 0 Å². The molecule has 0 aliphatic carbocycles. The number of nitrogen functional groups attached to an aromatic ring is 1. The van der Waals surface area contributed by atoms with E-state index in [2.05, 4.69) is 42.5 Å². The van der Waals surface area contributed by atoms with Gasteiger partial charge in [-0.15, -0.1) is 0 Å². The minimum atomic E-state index is -0.105. The van der Waals surface area contributed by atoms with E-state index in [4.69, 9.17) is 20.2 Å². The summed E-state index contributed by atoms with van der Waals surface area (Å²) in [4.78, 5) is 4.82. The topological polar surface area (TPSA) is 57.4 Å². The zero-order valence-corrected chi connectivity index (χ0v) is 17.5. The summed E-state index contributed by atoms with van der Waals surface area (Å²) in [6.07, 6.45) is 0.703. The molecule has 5 aromatic rings. The van der Waals surface area contributed by atoms with Gasteiger partial charge < -0.3 is 15.2 Å². The maximum absolute atomic E-state index is 6.26. The van der Waals surface area contributed by atoms with Crippen LogP contribution in [0.5, 0.6) is 11.5 Å². The molecule has 4 heteroatoms. The largest absolute Gasteiger partial charge is 0.485 e. The molecule has 0 radical (unpaired) electrons. The second-order valence-electron chi connectivity index (χ2n) is 8.17. The Morgan fingerprint density at radius 2 is 1.62 bits per heavy atom. The lowest BCUT2D eigenvalue weighted by Gasteiger charge is -2.26. The van der Waals surface area contributed by atoms with Crippen molar-refractivity contribution in [1.82, 2.24) is 4.98 Å². The summed E-state index contributed by atoms with van der Waals surface area (Å²) in [6.45, 7) is 0.512. The molecule has 2 heterocycles. The van der Waals surface area contributed by atoms with Gasteiger partial charge in [-0.2, -0.15) is 0 Å². The highest BCUT2D eigenvalue weighted by molar-refractivity contribution is 5.99. The Balaban J connectivity index is 1.29. The zero-order chi connectivity index (χ0) is 21.5. The van der Waals surface area contributed by atoms with Gasteiger partial charge in [0, 0.05) is 10.8 Å². The Morgan fingerprint density at radius 1 is 0.844 bits per heavy atom. The molecule has 0 saturated carbocycles. The Labute approximate surface area is 186 Å². The molecule has 4 nitrogen and oxygen atoms in total. The Morgan fingerprint density at radius 3 is 2.50 bits per heavy atom. The summed E-state index contributed by atoms with van der Waals surface area (Å²) >= 11 is 0. The van der Waals surface area contributed by atoms with Gasteiger partial charge in [-0.25, -0.2) is 4.98 Å². The Hall–Kier alpha value is -4.05. The van der Waals surface area contributed by atoms with Gasteiger partial charge in [0.05, 0.1) is 16.7 Å². The third-order valence-electron chi connectivity index (χ3n) is 6.06. The van der Waals surface area contributed by atoms with Crippen LogP contribution in [0.4, 0.5) is 5.69 Å². The molecule has 156 valence electrons. The predicted molar refractivity (Wildman–Crippen MR) is 128 cm³/mol. The third kappa shape index (κ3) is 3.30. The van der Waals surface area contributed by atoms with Crippen LogP contribution in [0.15, 0.2) is 91.0 Å². The lowest BCUT2D eigenvalue weighted by Crippen LogP contribution is -2.21. The fourth-order valence-corrected chi connectivity index (χ4v) is 4.35. The standard InChI is InChI=1S/C28H22N2O2/c29-23-14-13-20(22-16-21-5-1-2-6-24(21)30-28(22)23)15-18-9-11-19(12-10-18)27-17-31-25-7-3-4-8-26(25)32-27/h1-14,16,27H,15,17,29H2/t27-/m1/s1. The fraction of sp³-hybridized carbons (Fsp3) is 0.107. The van der Waals surface area contributed by atoms with Crippen LogP contribution in [-0.4, -0.2) is 11.6 Å². The average Bonchev–Trinajstić information content (AvgIpc) is 2.85. The molecule has 0 saturated heterocycles. The smallest absolute Gasteiger partial charge is 0.162 e. The van der Waals surface area contributed by atoms with Crippen LogP contribution >= 0.6 is 0 Å². The highest BCUT2D eigenvalue weighted by atomic mass is 16.6. The molecule has 32 heavy (non-hydrogen) atoms. The molecule has 2 N–H and O–H groups in total. The molecule has 1 atom stereocenters. The van der Waals surface area contributed by atoms with E-state index in [0.29, 0.717) is 12.3 Å². The summed E-state index contributed by atoms with van der Waals surface area (Å²) in [7, 11) is 0. The molecule has 1 aliphatic heterocycles. The van der Waals surface area contributed by atoms with Crippen LogP contribution in [0.2, 0.25) is 0 Å². The molecule has 0 fully saturated rings. The highest BCUT2D eigenvalue weighted by Gasteiger charge is 2.22. The number of anilines is 1. The second-order valence-corrected chi connectivity index (χ2v) is 8.17. The number of rotatable bonds is 3. The molecule has 0 unspecified atom stereocenters. The first kappa shape index (κ1) is 18.7. The molecular formula is C28H22N2O2. The first-order valence-electron chi connectivity index (χ1n) is 10.8. The van der Waals surface area contributed by atoms with E-state index in [0.717, 1.165) is 45.3 Å². The number of nitrogens with zero attached hydrogens (tertiary/aromatic N) is 1. The van der Waals surface area contributed by atoms with Crippen molar-refractivity contribution in [3.63, 3.8) is 0 Å². The lowest BCUT2D eigenvalue weighted by atomic mass is 9.97. The van der Waals surface area contributed by atoms with Crippen molar-refractivity contribution in [2.75, 3.05) is 12.3 Å². The van der Waals surface area contributed by atoms with Gasteiger partial charge in [0.1, 0.15) is 6.61 Å². The third-order valence-corrected chi connectivity index (χ3v) is 6.06. The van der Waals surface area contributed by atoms with E-state index in [1.165, 1.54) is 11.1 Å². The Bertz CT molecular complexity index is 1440. The Kier molecular flexibility index (Phi) is 4.43. The van der Waals surface area contributed by atoms with Gasteiger partial charge >= 0.3 is 0 Å². The van der Waals surface area contributed by atoms with Crippen LogP contribution in [0.3, 0.4) is 0 Å². The summed E-state index contributed by atoms with van der Waals surface area (Å²) in [5.41, 5.74) is 12.3. The van der Waals surface area contributed by atoms with Crippen LogP contribution in [0.25, 0.3) is 21.8 Å². The first-order chi connectivity index (χ1) is 15.7. The van der Waals surface area contributed by atoms with Crippen molar-refractivity contribution >= 4 is 27.5 Å². The summed E-state index contributed by atoms with van der Waals surface area (Å²) in [5.74, 6) is 1.60. The molecule has 6 rings (SSSR count). The number of nitrogens with two attached hydrogens (primary N) is 1. The van der Waals surface area contributed by atoms with Crippen LogP contribution in [0.1, 0.15) is 22.8 Å². The fourth-order valence-electron chi connectivity index (χ4n) is 4.35. The van der Waals surface area contributed by atoms with Crippen molar-refractivity contribution < 1.29 is 9.47 Å². The zero-order valence-electron chi connectivity index (χ0n) is 17.5. The van der Waals surface area contributed by atoms with Crippen molar-refractivity contribution in [3.8, 4) is 11.5 Å². The molecular weight excluding hydrogens is 396 g/mol.